The van der Waals surface area contributed by atoms with Gasteiger partial charge in [-0.25, -0.2) is 14.7 Å². The number of hydrogen-bond donors (Lipinski definition) is 1. The van der Waals surface area contributed by atoms with Crippen molar-refractivity contribution in [2.24, 2.45) is 0 Å². The van der Waals surface area contributed by atoms with Gasteiger partial charge in [0.25, 0.3) is 10.0 Å². The highest BCUT2D eigenvalue weighted by Crippen LogP contribution is 2.40. The van der Waals surface area contributed by atoms with Gasteiger partial charge in [-0.2, -0.15) is 8.42 Å². The maximum absolute atomic E-state index is 12.1. The molecule has 0 radical (unpaired) electrons. The van der Waals surface area contributed by atoms with E-state index in [1.54, 1.807) is 0 Å². The number of oxazole rings is 1. The Morgan fingerprint density at radius 1 is 1.38 bits per heavy atom. The van der Waals surface area contributed by atoms with Gasteiger partial charge in [0, 0.05) is 17.1 Å². The minimum atomic E-state index is -4.11. The number of hydrogen-bond acceptors (Lipinski definition) is 6. The summed E-state index contributed by atoms with van der Waals surface area (Å²) in [6.07, 6.45) is 4.20. The van der Waals surface area contributed by atoms with Crippen molar-refractivity contribution < 1.29 is 17.6 Å². The average molecular weight is 328 g/mol. The van der Waals surface area contributed by atoms with Crippen molar-refractivity contribution in [3.8, 4) is 0 Å². The summed E-state index contributed by atoms with van der Waals surface area (Å²) in [6.45, 7) is 0. The first-order chi connectivity index (χ1) is 9.97. The highest BCUT2D eigenvalue weighted by atomic mass is 35.5. The molecule has 1 amide bonds. The molecule has 1 N–H and O–H groups in total. The molecule has 21 heavy (non-hydrogen) atoms. The molecule has 0 spiro atoms. The third kappa shape index (κ3) is 2.91. The molecule has 0 atom stereocenters. The van der Waals surface area contributed by atoms with Gasteiger partial charge in [0.15, 0.2) is 11.4 Å². The monoisotopic (exact) mass is 327 g/mol. The van der Waals surface area contributed by atoms with E-state index in [0.29, 0.717) is 5.69 Å². The fourth-order valence-electron chi connectivity index (χ4n) is 1.83. The van der Waals surface area contributed by atoms with E-state index in [4.69, 9.17) is 16.0 Å². The number of nitrogens with one attached hydrogen (secondary N) is 1. The first kappa shape index (κ1) is 14.0. The molecule has 0 unspecified atom stereocenters. The van der Waals surface area contributed by atoms with Gasteiger partial charge in [-0.15, -0.1) is 0 Å². The predicted octanol–water partition coefficient (Wildman–Crippen LogP) is 1.72. The second-order valence-corrected chi connectivity index (χ2v) is 6.65. The molecule has 0 aliphatic heterocycles. The Balaban J connectivity index is 1.85. The van der Waals surface area contributed by atoms with Crippen LogP contribution in [0.5, 0.6) is 0 Å². The standard InChI is InChI=1S/C12H10ClN3O4S/c13-8-3-4-14-9(5-8)21(18,19)16-12(17)11-10(7-1-2-7)15-6-20-11/h3-7H,1-2H2,(H,16,17). The lowest BCUT2D eigenvalue weighted by Crippen LogP contribution is -2.31. The first-order valence-electron chi connectivity index (χ1n) is 6.09. The Hall–Kier alpha value is -1.93. The van der Waals surface area contributed by atoms with Crippen LogP contribution in [-0.2, 0) is 10.0 Å². The van der Waals surface area contributed by atoms with Crippen molar-refractivity contribution in [1.82, 2.24) is 14.7 Å². The summed E-state index contributed by atoms with van der Waals surface area (Å²) in [5.41, 5.74) is 0.488. The van der Waals surface area contributed by atoms with Gasteiger partial charge < -0.3 is 4.42 Å². The Morgan fingerprint density at radius 2 is 2.14 bits per heavy atom. The predicted molar refractivity (Wildman–Crippen MR) is 72.4 cm³/mol. The average Bonchev–Trinajstić information content (AvgIpc) is 3.15. The summed E-state index contributed by atoms with van der Waals surface area (Å²) >= 11 is 5.72. The SMILES string of the molecule is O=C(NS(=O)(=O)c1cc(Cl)ccn1)c1ocnc1C1CC1. The van der Waals surface area contributed by atoms with E-state index >= 15 is 0 Å². The van der Waals surface area contributed by atoms with Crippen molar-refractivity contribution in [2.75, 3.05) is 0 Å². The van der Waals surface area contributed by atoms with Gasteiger partial charge in [0.2, 0.25) is 5.76 Å². The van der Waals surface area contributed by atoms with Gasteiger partial charge in [0.05, 0.1) is 5.69 Å². The number of rotatable bonds is 4. The van der Waals surface area contributed by atoms with Crippen LogP contribution in [0, 0.1) is 0 Å². The van der Waals surface area contributed by atoms with Crippen LogP contribution in [0.4, 0.5) is 0 Å². The molecule has 0 aromatic carbocycles. The fourth-order valence-corrected chi connectivity index (χ4v) is 2.97. The van der Waals surface area contributed by atoms with E-state index in [0.717, 1.165) is 25.3 Å². The molecule has 1 fully saturated rings. The number of carbonyl (C=O) groups is 1. The summed E-state index contributed by atoms with van der Waals surface area (Å²) in [4.78, 5) is 19.7. The van der Waals surface area contributed by atoms with E-state index < -0.39 is 15.9 Å². The van der Waals surface area contributed by atoms with Gasteiger partial charge in [-0.05, 0) is 25.0 Å². The highest BCUT2D eigenvalue weighted by Gasteiger charge is 2.33. The molecule has 3 rings (SSSR count). The van der Waals surface area contributed by atoms with Crippen molar-refractivity contribution in [2.45, 2.75) is 23.8 Å². The largest absolute Gasteiger partial charge is 0.438 e. The summed E-state index contributed by atoms with van der Waals surface area (Å²) in [7, 11) is -4.11. The van der Waals surface area contributed by atoms with Crippen LogP contribution in [0.1, 0.15) is 35.0 Å². The van der Waals surface area contributed by atoms with Crippen LogP contribution >= 0.6 is 11.6 Å². The number of amides is 1. The smallest absolute Gasteiger partial charge is 0.302 e. The van der Waals surface area contributed by atoms with Crippen LogP contribution < -0.4 is 4.72 Å². The quantitative estimate of drug-likeness (QED) is 0.917. The molecule has 1 saturated carbocycles. The number of sulfonamides is 1. The summed E-state index contributed by atoms with van der Waals surface area (Å²) in [5, 5.41) is -0.132. The molecule has 0 saturated heterocycles. The first-order valence-corrected chi connectivity index (χ1v) is 7.95. The second kappa shape index (κ2) is 5.12. The molecular formula is C12H10ClN3O4S. The van der Waals surface area contributed by atoms with Crippen LogP contribution in [0.3, 0.4) is 0 Å². The van der Waals surface area contributed by atoms with Crippen LogP contribution in [0.25, 0.3) is 0 Å². The Labute approximate surface area is 125 Å². The number of halogens is 1. The third-order valence-corrected chi connectivity index (χ3v) is 4.43. The summed E-state index contributed by atoms with van der Waals surface area (Å²) in [5.74, 6) is -0.782. The Morgan fingerprint density at radius 3 is 2.81 bits per heavy atom. The Bertz CT molecular complexity index is 798. The molecule has 2 aromatic heterocycles. The summed E-state index contributed by atoms with van der Waals surface area (Å²) in [6, 6.07) is 2.59. The second-order valence-electron chi connectivity index (χ2n) is 4.59. The van der Waals surface area contributed by atoms with Gasteiger partial charge in [0.1, 0.15) is 0 Å². The maximum atomic E-state index is 12.1. The molecule has 1 aliphatic rings. The molecular weight excluding hydrogens is 318 g/mol. The van der Waals surface area contributed by atoms with E-state index in [-0.39, 0.29) is 21.7 Å². The minimum absolute atomic E-state index is 0.0805. The molecule has 2 aromatic rings. The molecule has 1 aliphatic carbocycles. The van der Waals surface area contributed by atoms with Crippen molar-refractivity contribution in [3.63, 3.8) is 0 Å². The number of nitrogens with zero attached hydrogens (tertiary/aromatic N) is 2. The molecule has 9 heteroatoms. The molecule has 0 bridgehead atoms. The highest BCUT2D eigenvalue weighted by molar-refractivity contribution is 7.90. The lowest BCUT2D eigenvalue weighted by Gasteiger charge is -2.05. The van der Waals surface area contributed by atoms with Crippen molar-refractivity contribution in [1.29, 1.82) is 0 Å². The van der Waals surface area contributed by atoms with Gasteiger partial charge in [-0.1, -0.05) is 11.6 Å². The fraction of sp³-hybridized carbons (Fsp3) is 0.250. The van der Waals surface area contributed by atoms with Gasteiger partial charge in [-0.3, -0.25) is 4.79 Å². The van der Waals surface area contributed by atoms with Crippen LogP contribution in [-0.4, -0.2) is 24.3 Å². The maximum Gasteiger partial charge on any atom is 0.302 e. The zero-order valence-electron chi connectivity index (χ0n) is 10.6. The molecule has 2 heterocycles. The molecule has 110 valence electrons. The van der Waals surface area contributed by atoms with E-state index in [9.17, 15) is 13.2 Å². The third-order valence-electron chi connectivity index (χ3n) is 2.96. The topological polar surface area (TPSA) is 102 Å². The van der Waals surface area contributed by atoms with E-state index in [2.05, 4.69) is 9.97 Å². The van der Waals surface area contributed by atoms with E-state index in [1.807, 2.05) is 4.72 Å². The number of pyridine rings is 1. The zero-order valence-corrected chi connectivity index (χ0v) is 12.2. The van der Waals surface area contributed by atoms with Crippen LogP contribution in [0.2, 0.25) is 5.02 Å². The van der Waals surface area contributed by atoms with Crippen molar-refractivity contribution >= 4 is 27.5 Å². The van der Waals surface area contributed by atoms with E-state index in [1.165, 1.54) is 12.3 Å². The lowest BCUT2D eigenvalue weighted by atomic mass is 10.2. The number of aromatic nitrogens is 2. The van der Waals surface area contributed by atoms with Crippen LogP contribution in [0.15, 0.2) is 34.2 Å². The molecule has 7 nitrogen and oxygen atoms in total. The van der Waals surface area contributed by atoms with Crippen molar-refractivity contribution in [3.05, 3.63) is 41.2 Å². The normalized spacial score (nSPS) is 14.9. The summed E-state index contributed by atoms with van der Waals surface area (Å²) < 4.78 is 31.0. The lowest BCUT2D eigenvalue weighted by molar-refractivity contribution is 0.0953. The number of carbonyl (C=O) groups excluding carboxylic acids is 1. The minimum Gasteiger partial charge on any atom is -0.438 e. The Kier molecular flexibility index (Phi) is 3.42. The zero-order chi connectivity index (χ0) is 15.0. The van der Waals surface area contributed by atoms with Gasteiger partial charge >= 0.3 is 5.91 Å².